The monoisotopic (exact) mass is 402 g/mol. The molecule has 0 aliphatic rings. The lowest BCUT2D eigenvalue weighted by Crippen LogP contribution is -2.29. The lowest BCUT2D eigenvalue weighted by atomic mass is 10.1. The van der Waals surface area contributed by atoms with Crippen molar-refractivity contribution in [3.05, 3.63) is 59.9 Å². The van der Waals surface area contributed by atoms with E-state index in [-0.39, 0.29) is 17.6 Å². The molecule has 2 amide bonds. The summed E-state index contributed by atoms with van der Waals surface area (Å²) in [7, 11) is 0. The number of amides is 2. The SMILES string of the molecule is CC(C)CNC(=O)c1ccccc1NC(=O)COC(=O)COc1cccc(F)c1. The maximum atomic E-state index is 13.1. The Balaban J connectivity index is 1.83. The Morgan fingerprint density at radius 3 is 2.52 bits per heavy atom. The molecule has 0 aromatic heterocycles. The number of halogens is 1. The average molecular weight is 402 g/mol. The third-order valence-electron chi connectivity index (χ3n) is 3.63. The second-order valence-corrected chi connectivity index (χ2v) is 6.60. The molecule has 2 N–H and O–H groups in total. The summed E-state index contributed by atoms with van der Waals surface area (Å²) in [6.45, 7) is 3.43. The van der Waals surface area contributed by atoms with Crippen LogP contribution in [0.15, 0.2) is 48.5 Å². The van der Waals surface area contributed by atoms with Crippen LogP contribution in [0.1, 0.15) is 24.2 Å². The summed E-state index contributed by atoms with van der Waals surface area (Å²) in [5.74, 6) is -1.73. The fraction of sp³-hybridized carbons (Fsp3) is 0.286. The zero-order valence-corrected chi connectivity index (χ0v) is 16.2. The van der Waals surface area contributed by atoms with Gasteiger partial charge >= 0.3 is 5.97 Å². The molecule has 2 aromatic carbocycles. The van der Waals surface area contributed by atoms with E-state index in [0.29, 0.717) is 17.8 Å². The van der Waals surface area contributed by atoms with Gasteiger partial charge in [0.05, 0.1) is 11.3 Å². The molecule has 7 nitrogen and oxygen atoms in total. The van der Waals surface area contributed by atoms with E-state index in [4.69, 9.17) is 9.47 Å². The van der Waals surface area contributed by atoms with Gasteiger partial charge in [0.1, 0.15) is 11.6 Å². The van der Waals surface area contributed by atoms with Crippen molar-refractivity contribution in [2.75, 3.05) is 25.1 Å². The summed E-state index contributed by atoms with van der Waals surface area (Å²) in [4.78, 5) is 36.0. The molecule has 0 heterocycles. The van der Waals surface area contributed by atoms with Crippen molar-refractivity contribution in [1.29, 1.82) is 0 Å². The molecule has 0 saturated carbocycles. The topological polar surface area (TPSA) is 93.7 Å². The Morgan fingerprint density at radius 2 is 1.79 bits per heavy atom. The van der Waals surface area contributed by atoms with Gasteiger partial charge in [0.25, 0.3) is 11.8 Å². The summed E-state index contributed by atoms with van der Waals surface area (Å²) in [5.41, 5.74) is 0.619. The Labute approximate surface area is 168 Å². The van der Waals surface area contributed by atoms with E-state index in [1.54, 1.807) is 24.3 Å². The van der Waals surface area contributed by atoms with Gasteiger partial charge in [-0.3, -0.25) is 9.59 Å². The summed E-state index contributed by atoms with van der Waals surface area (Å²) in [5, 5.41) is 5.33. The van der Waals surface area contributed by atoms with Gasteiger partial charge < -0.3 is 20.1 Å². The first-order valence-electron chi connectivity index (χ1n) is 9.06. The second kappa shape index (κ2) is 10.8. The minimum Gasteiger partial charge on any atom is -0.482 e. The van der Waals surface area contributed by atoms with Gasteiger partial charge in [0.15, 0.2) is 13.2 Å². The van der Waals surface area contributed by atoms with Crippen LogP contribution in [0.2, 0.25) is 0 Å². The van der Waals surface area contributed by atoms with Gasteiger partial charge in [-0.05, 0) is 30.2 Å². The van der Waals surface area contributed by atoms with E-state index in [2.05, 4.69) is 10.6 Å². The molecule has 0 aliphatic heterocycles. The predicted molar refractivity (Wildman–Crippen MR) is 105 cm³/mol. The van der Waals surface area contributed by atoms with Gasteiger partial charge in [0, 0.05) is 12.6 Å². The van der Waals surface area contributed by atoms with E-state index in [1.807, 2.05) is 13.8 Å². The number of ether oxygens (including phenoxy) is 2. The molecule has 0 radical (unpaired) electrons. The van der Waals surface area contributed by atoms with Crippen molar-refractivity contribution in [1.82, 2.24) is 5.32 Å². The molecule has 2 aromatic rings. The van der Waals surface area contributed by atoms with E-state index in [0.717, 1.165) is 6.07 Å². The number of nitrogens with one attached hydrogen (secondary N) is 2. The number of para-hydroxylation sites is 1. The number of rotatable bonds is 9. The molecule has 2 rings (SSSR count). The molecule has 0 unspecified atom stereocenters. The minimum absolute atomic E-state index is 0.174. The molecule has 8 heteroatoms. The Hall–Kier alpha value is -3.42. The van der Waals surface area contributed by atoms with Gasteiger partial charge in [0.2, 0.25) is 0 Å². The lowest BCUT2D eigenvalue weighted by Gasteiger charge is -2.12. The highest BCUT2D eigenvalue weighted by molar-refractivity contribution is 6.04. The summed E-state index contributed by atoms with van der Waals surface area (Å²) >= 11 is 0. The largest absolute Gasteiger partial charge is 0.482 e. The van der Waals surface area contributed by atoms with Crippen LogP contribution >= 0.6 is 0 Å². The number of anilines is 1. The van der Waals surface area contributed by atoms with Crippen LogP contribution in [0.3, 0.4) is 0 Å². The molecule has 0 aliphatic carbocycles. The molecule has 0 spiro atoms. The first kappa shape index (κ1) is 21.9. The minimum atomic E-state index is -0.785. The Morgan fingerprint density at radius 1 is 1.03 bits per heavy atom. The maximum absolute atomic E-state index is 13.1. The van der Waals surface area contributed by atoms with Crippen LogP contribution in [0.4, 0.5) is 10.1 Å². The van der Waals surface area contributed by atoms with E-state index >= 15 is 0 Å². The van der Waals surface area contributed by atoms with Crippen LogP contribution < -0.4 is 15.4 Å². The fourth-order valence-corrected chi connectivity index (χ4v) is 2.26. The molecule has 0 atom stereocenters. The summed E-state index contributed by atoms with van der Waals surface area (Å²) < 4.78 is 23.0. The third-order valence-corrected chi connectivity index (χ3v) is 3.63. The van der Waals surface area contributed by atoms with Gasteiger partial charge in [-0.25, -0.2) is 9.18 Å². The van der Waals surface area contributed by atoms with Crippen molar-refractivity contribution in [2.24, 2.45) is 5.92 Å². The highest BCUT2D eigenvalue weighted by Gasteiger charge is 2.14. The van der Waals surface area contributed by atoms with Crippen LogP contribution in [0.5, 0.6) is 5.75 Å². The number of hydrogen-bond donors (Lipinski definition) is 2. The zero-order chi connectivity index (χ0) is 21.2. The van der Waals surface area contributed by atoms with E-state index < -0.39 is 30.9 Å². The summed E-state index contributed by atoms with van der Waals surface area (Å²) in [6, 6.07) is 11.8. The smallest absolute Gasteiger partial charge is 0.344 e. The lowest BCUT2D eigenvalue weighted by molar-refractivity contribution is -0.149. The zero-order valence-electron chi connectivity index (χ0n) is 16.2. The number of esters is 1. The number of benzene rings is 2. The average Bonchev–Trinajstić information content (AvgIpc) is 2.69. The van der Waals surface area contributed by atoms with Gasteiger partial charge in [-0.15, -0.1) is 0 Å². The maximum Gasteiger partial charge on any atom is 0.344 e. The van der Waals surface area contributed by atoms with Crippen molar-refractivity contribution in [3.63, 3.8) is 0 Å². The fourth-order valence-electron chi connectivity index (χ4n) is 2.26. The van der Waals surface area contributed by atoms with Crippen LogP contribution in [0.25, 0.3) is 0 Å². The summed E-state index contributed by atoms with van der Waals surface area (Å²) in [6.07, 6.45) is 0. The van der Waals surface area contributed by atoms with Gasteiger partial charge in [-0.1, -0.05) is 32.0 Å². The van der Waals surface area contributed by atoms with Crippen molar-refractivity contribution < 1.29 is 28.2 Å². The molecule has 29 heavy (non-hydrogen) atoms. The van der Waals surface area contributed by atoms with E-state index in [9.17, 15) is 18.8 Å². The third kappa shape index (κ3) is 7.61. The normalized spacial score (nSPS) is 10.3. The van der Waals surface area contributed by atoms with Crippen LogP contribution in [-0.2, 0) is 14.3 Å². The highest BCUT2D eigenvalue weighted by Crippen LogP contribution is 2.15. The first-order valence-corrected chi connectivity index (χ1v) is 9.06. The van der Waals surface area contributed by atoms with Crippen LogP contribution in [-0.4, -0.2) is 37.5 Å². The highest BCUT2D eigenvalue weighted by atomic mass is 19.1. The predicted octanol–water partition coefficient (Wildman–Crippen LogP) is 2.77. The Bertz CT molecular complexity index is 870. The number of hydrogen-bond acceptors (Lipinski definition) is 5. The molecule has 0 bridgehead atoms. The number of carbonyl (C=O) groups excluding carboxylic acids is 3. The van der Waals surface area contributed by atoms with Crippen molar-refractivity contribution >= 4 is 23.5 Å². The standard InChI is InChI=1S/C21H23FN2O5/c1-14(2)11-23-21(27)17-8-3-4-9-18(17)24-19(25)12-29-20(26)13-28-16-7-5-6-15(22)10-16/h3-10,14H,11-13H2,1-2H3,(H,23,27)(H,24,25). The molecule has 154 valence electrons. The number of carbonyl (C=O) groups is 3. The van der Waals surface area contributed by atoms with Crippen LogP contribution in [0, 0.1) is 11.7 Å². The molecular weight excluding hydrogens is 379 g/mol. The molecule has 0 fully saturated rings. The van der Waals surface area contributed by atoms with Gasteiger partial charge in [-0.2, -0.15) is 0 Å². The van der Waals surface area contributed by atoms with E-state index in [1.165, 1.54) is 18.2 Å². The second-order valence-electron chi connectivity index (χ2n) is 6.60. The first-order chi connectivity index (χ1) is 13.8. The molecular formula is C21H23FN2O5. The van der Waals surface area contributed by atoms with Crippen molar-refractivity contribution in [2.45, 2.75) is 13.8 Å². The Kier molecular flexibility index (Phi) is 8.14. The quantitative estimate of drug-likeness (QED) is 0.629. The van der Waals surface area contributed by atoms with Crippen molar-refractivity contribution in [3.8, 4) is 5.75 Å². The molecule has 0 saturated heterocycles.